The van der Waals surface area contributed by atoms with Crippen molar-refractivity contribution >= 4 is 18.1 Å². The average Bonchev–Trinajstić information content (AvgIpc) is 3.58. The monoisotopic (exact) mass is 757 g/mol. The lowest BCUT2D eigenvalue weighted by Crippen LogP contribution is -3.00. The highest BCUT2D eigenvalue weighted by Crippen LogP contribution is 2.30. The van der Waals surface area contributed by atoms with Gasteiger partial charge >= 0.3 is 12.2 Å². The molecule has 1 aromatic heterocycles. The number of pyridine rings is 1. The van der Waals surface area contributed by atoms with E-state index in [1.54, 1.807) is 0 Å². The van der Waals surface area contributed by atoms with Crippen molar-refractivity contribution in [3.05, 3.63) is 30.1 Å². The quantitative estimate of drug-likeness (QED) is 0.0792. The number of imide groups is 1. The van der Waals surface area contributed by atoms with Gasteiger partial charge in [-0.1, -0.05) is 122 Å². The molecule has 1 atom stereocenters. The molecule has 1 fully saturated rings. The number of nitrogens with one attached hydrogen (secondary N) is 1. The summed E-state index contributed by atoms with van der Waals surface area (Å²) in [6.45, 7) is 7.08. The summed E-state index contributed by atoms with van der Waals surface area (Å²) >= 11 is 0. The highest BCUT2D eigenvalue weighted by atomic mass is 127. The second kappa shape index (κ2) is 27.1. The van der Waals surface area contributed by atoms with Crippen LogP contribution >= 0.6 is 0 Å². The molecule has 8 nitrogen and oxygen atoms in total. The minimum absolute atomic E-state index is 0. The third kappa shape index (κ3) is 18.4. The van der Waals surface area contributed by atoms with Crippen LogP contribution in [0.15, 0.2) is 24.4 Å². The fraction of sp³-hybridized carbons (Fsp3) is 0.784. The van der Waals surface area contributed by atoms with Gasteiger partial charge in [-0.25, -0.2) is 19.1 Å². The van der Waals surface area contributed by atoms with Gasteiger partial charge in [-0.2, -0.15) is 0 Å². The standard InChI is InChI=1S/C37H63N3O5.HI/c1-4-6-7-8-9-10-11-12-13-14-15-16-17-18-19-23-28-38-36(42)44-31-35(33-25-20-21-26-33)45-37(43)40(32(3)41)30-34-27-22-24-29-39(34)5-2;/h22,24,27,29,33,35H,4-21,23,25-26,28,30-31H2,1-3H3;1H. The van der Waals surface area contributed by atoms with E-state index in [-0.39, 0.29) is 49.0 Å². The molecule has 1 N–H and O–H groups in total. The van der Waals surface area contributed by atoms with Crippen LogP contribution in [0.3, 0.4) is 0 Å². The van der Waals surface area contributed by atoms with Gasteiger partial charge in [0.15, 0.2) is 6.20 Å². The van der Waals surface area contributed by atoms with E-state index in [1.165, 1.54) is 96.8 Å². The number of carbonyl (C=O) groups is 3. The van der Waals surface area contributed by atoms with Crippen LogP contribution in [0.5, 0.6) is 0 Å². The number of hydrogen-bond donors (Lipinski definition) is 1. The highest BCUT2D eigenvalue weighted by molar-refractivity contribution is 5.90. The van der Waals surface area contributed by atoms with E-state index in [0.717, 1.165) is 55.7 Å². The first kappa shape index (κ1) is 42.1. The molecule has 3 amide bonds. The molecule has 0 bridgehead atoms. The van der Waals surface area contributed by atoms with Crippen LogP contribution in [-0.2, 0) is 27.4 Å². The van der Waals surface area contributed by atoms with E-state index in [9.17, 15) is 14.4 Å². The van der Waals surface area contributed by atoms with E-state index < -0.39 is 18.3 Å². The van der Waals surface area contributed by atoms with E-state index in [4.69, 9.17) is 9.47 Å². The van der Waals surface area contributed by atoms with Gasteiger partial charge in [0.25, 0.3) is 0 Å². The number of halogens is 1. The molecule has 1 unspecified atom stereocenters. The first-order chi connectivity index (χ1) is 22.0. The molecule has 0 aliphatic heterocycles. The van der Waals surface area contributed by atoms with Gasteiger partial charge in [0.05, 0.1) is 0 Å². The van der Waals surface area contributed by atoms with Crippen LogP contribution in [0, 0.1) is 5.92 Å². The lowest BCUT2D eigenvalue weighted by atomic mass is 10.0. The molecule has 2 rings (SSSR count). The molecule has 1 aliphatic carbocycles. The van der Waals surface area contributed by atoms with Crippen molar-refractivity contribution in [1.29, 1.82) is 0 Å². The van der Waals surface area contributed by atoms with Crippen molar-refractivity contribution in [3.63, 3.8) is 0 Å². The third-order valence-corrected chi connectivity index (χ3v) is 9.15. The molecule has 1 aromatic rings. The number of ether oxygens (including phenoxy) is 2. The number of nitrogens with zero attached hydrogens (tertiary/aromatic N) is 2. The first-order valence-corrected chi connectivity index (χ1v) is 18.3. The second-order valence-corrected chi connectivity index (χ2v) is 12.9. The topological polar surface area (TPSA) is 88.8 Å². The van der Waals surface area contributed by atoms with Crippen molar-refractivity contribution in [1.82, 2.24) is 10.2 Å². The van der Waals surface area contributed by atoms with Gasteiger partial charge < -0.3 is 38.8 Å². The zero-order chi connectivity index (χ0) is 32.5. The lowest BCUT2D eigenvalue weighted by molar-refractivity contribution is -0.701. The van der Waals surface area contributed by atoms with E-state index in [0.29, 0.717) is 6.54 Å². The summed E-state index contributed by atoms with van der Waals surface area (Å²) < 4.78 is 13.3. The van der Waals surface area contributed by atoms with Crippen molar-refractivity contribution in [2.24, 2.45) is 5.92 Å². The predicted molar refractivity (Wildman–Crippen MR) is 180 cm³/mol. The minimum atomic E-state index is -0.692. The molecule has 9 heteroatoms. The van der Waals surface area contributed by atoms with Crippen molar-refractivity contribution in [2.75, 3.05) is 13.2 Å². The van der Waals surface area contributed by atoms with E-state index in [1.807, 2.05) is 35.9 Å². The van der Waals surface area contributed by atoms with E-state index >= 15 is 0 Å². The smallest absolute Gasteiger partial charge is 0.417 e. The number of aryl methyl sites for hydroxylation is 1. The van der Waals surface area contributed by atoms with Gasteiger partial charge in [-0.05, 0) is 32.1 Å². The SMILES string of the molecule is CCCCCCCCCCCCCCCCCCNC(=O)OCC(OC(=O)N(Cc1cccc[n+]1CC)C(C)=O)C1CCCC1.[I-]. The maximum atomic E-state index is 13.2. The number of carbonyl (C=O) groups excluding carboxylic acids is 3. The number of amides is 3. The Kier molecular flexibility index (Phi) is 24.8. The van der Waals surface area contributed by atoms with Crippen LogP contribution in [0.1, 0.15) is 155 Å². The van der Waals surface area contributed by atoms with Crippen LogP contribution in [0.2, 0.25) is 0 Å². The van der Waals surface area contributed by atoms with Gasteiger partial charge in [0.2, 0.25) is 11.6 Å². The summed E-state index contributed by atoms with van der Waals surface area (Å²) in [5.74, 6) is -0.262. The minimum Gasteiger partial charge on any atom is -1.00 e. The van der Waals surface area contributed by atoms with Gasteiger partial charge in [0, 0.05) is 25.6 Å². The number of unbranched alkanes of at least 4 members (excludes halogenated alkanes) is 15. The molecule has 0 spiro atoms. The predicted octanol–water partition coefficient (Wildman–Crippen LogP) is 6.03. The average molecular weight is 758 g/mol. The molecule has 264 valence electrons. The molecular formula is C37H64IN3O5. The fourth-order valence-electron chi connectivity index (χ4n) is 6.29. The Morgan fingerprint density at radius 2 is 1.39 bits per heavy atom. The molecule has 46 heavy (non-hydrogen) atoms. The number of alkyl carbamates (subject to hydrolysis) is 1. The van der Waals surface area contributed by atoms with Crippen LogP contribution < -0.4 is 33.9 Å². The Balaban J connectivity index is 0.0000106. The normalized spacial score (nSPS) is 13.5. The summed E-state index contributed by atoms with van der Waals surface area (Å²) in [4.78, 5) is 39.1. The Hall–Kier alpha value is -1.91. The molecule has 0 aromatic carbocycles. The Morgan fingerprint density at radius 3 is 1.91 bits per heavy atom. The van der Waals surface area contributed by atoms with Crippen molar-refractivity contribution in [2.45, 2.75) is 168 Å². The van der Waals surface area contributed by atoms with Crippen LogP contribution in [0.4, 0.5) is 9.59 Å². The van der Waals surface area contributed by atoms with Crippen molar-refractivity contribution in [3.8, 4) is 0 Å². The van der Waals surface area contributed by atoms with E-state index in [2.05, 4.69) is 12.2 Å². The molecule has 0 radical (unpaired) electrons. The summed E-state index contributed by atoms with van der Waals surface area (Å²) in [5.41, 5.74) is 0.842. The maximum absolute atomic E-state index is 13.2. The third-order valence-electron chi connectivity index (χ3n) is 9.15. The van der Waals surface area contributed by atoms with Gasteiger partial charge in [0.1, 0.15) is 25.8 Å². The fourth-order valence-corrected chi connectivity index (χ4v) is 6.29. The zero-order valence-electron chi connectivity index (χ0n) is 29.2. The molecule has 1 saturated carbocycles. The second-order valence-electron chi connectivity index (χ2n) is 12.9. The number of aromatic nitrogens is 1. The highest BCUT2D eigenvalue weighted by Gasteiger charge is 2.33. The summed E-state index contributed by atoms with van der Waals surface area (Å²) in [6.07, 6.45) is 25.2. The summed E-state index contributed by atoms with van der Waals surface area (Å²) in [6, 6.07) is 5.70. The summed E-state index contributed by atoms with van der Waals surface area (Å²) in [7, 11) is 0. The van der Waals surface area contributed by atoms with Crippen molar-refractivity contribution < 1.29 is 52.4 Å². The molecule has 0 saturated heterocycles. The Bertz CT molecular complexity index is 957. The molecule has 1 aliphatic rings. The maximum Gasteiger partial charge on any atom is 0.417 e. The van der Waals surface area contributed by atoms with Crippen LogP contribution in [0.25, 0.3) is 0 Å². The van der Waals surface area contributed by atoms with Gasteiger partial charge in [-0.3, -0.25) is 4.79 Å². The lowest BCUT2D eigenvalue weighted by Gasteiger charge is -2.26. The molecule has 1 heterocycles. The zero-order valence-corrected chi connectivity index (χ0v) is 31.4. The first-order valence-electron chi connectivity index (χ1n) is 18.3. The number of hydrogen-bond acceptors (Lipinski definition) is 5. The molecular weight excluding hydrogens is 693 g/mol. The van der Waals surface area contributed by atoms with Crippen LogP contribution in [-0.4, -0.2) is 42.2 Å². The largest absolute Gasteiger partial charge is 1.00 e. The number of rotatable bonds is 24. The van der Waals surface area contributed by atoms with Gasteiger partial charge in [-0.15, -0.1) is 0 Å². The Labute approximate surface area is 297 Å². The Morgan fingerprint density at radius 1 is 0.848 bits per heavy atom. The summed E-state index contributed by atoms with van der Waals surface area (Å²) in [5, 5.41) is 2.85.